The van der Waals surface area contributed by atoms with Crippen molar-refractivity contribution in [2.75, 3.05) is 64.3 Å². The molecule has 10 nitrogen and oxygen atoms in total. The molecule has 0 saturated carbocycles. The third-order valence-corrected chi connectivity index (χ3v) is 11.2. The third kappa shape index (κ3) is 6.81. The van der Waals surface area contributed by atoms with E-state index in [0.29, 0.717) is 0 Å². The molecule has 47 heavy (non-hydrogen) atoms. The Labute approximate surface area is 275 Å². The van der Waals surface area contributed by atoms with Crippen molar-refractivity contribution in [3.05, 3.63) is 55.6 Å². The van der Waals surface area contributed by atoms with Gasteiger partial charge in [0.05, 0.1) is 102 Å². The van der Waals surface area contributed by atoms with Crippen LogP contribution < -0.4 is 11.5 Å². The lowest BCUT2D eigenvalue weighted by Gasteiger charge is -2.29. The maximum absolute atomic E-state index is 7.22. The molecule has 8 unspecified atom stereocenters. The monoisotopic (exact) mass is 646 g/mol. The molecule has 0 aromatic heterocycles. The van der Waals surface area contributed by atoms with Crippen LogP contribution in [-0.2, 0) is 95.7 Å². The van der Waals surface area contributed by atoms with Crippen LogP contribution in [0.5, 0.6) is 0 Å². The summed E-state index contributed by atoms with van der Waals surface area (Å²) in [5, 5.41) is 0. The summed E-state index contributed by atoms with van der Waals surface area (Å²) < 4.78 is 46.9. The number of ether oxygens (including phenoxy) is 8. The van der Waals surface area contributed by atoms with Crippen LogP contribution in [0, 0.1) is 0 Å². The summed E-state index contributed by atoms with van der Waals surface area (Å²) in [7, 11) is 0. The molecule has 4 N–H and O–H groups in total. The van der Waals surface area contributed by atoms with Crippen LogP contribution >= 0.6 is 0 Å². The number of hydrogen-bond acceptors (Lipinski definition) is 10. The van der Waals surface area contributed by atoms with Crippen molar-refractivity contribution in [1.82, 2.24) is 0 Å². The van der Waals surface area contributed by atoms with Gasteiger partial charge in [0.25, 0.3) is 0 Å². The molecule has 8 saturated heterocycles. The Morgan fingerprint density at radius 1 is 0.298 bits per heavy atom. The summed E-state index contributed by atoms with van der Waals surface area (Å²) in [5.41, 5.74) is 29.5. The van der Waals surface area contributed by atoms with E-state index in [1.54, 1.807) is 0 Å². The van der Waals surface area contributed by atoms with E-state index in [1.807, 2.05) is 0 Å². The average Bonchev–Trinajstić information content (AvgIpc) is 3.85. The molecule has 0 amide bonds. The second kappa shape index (κ2) is 11.7. The highest BCUT2D eigenvalue weighted by molar-refractivity contribution is 5.69. The molecule has 2 aromatic rings. The smallest absolute Gasteiger partial charge is 0.0851 e. The molecule has 8 heterocycles. The van der Waals surface area contributed by atoms with Gasteiger partial charge < -0.3 is 49.4 Å². The van der Waals surface area contributed by atoms with Gasteiger partial charge in [0.15, 0.2) is 0 Å². The van der Waals surface area contributed by atoms with Crippen molar-refractivity contribution in [2.24, 2.45) is 0 Å². The van der Waals surface area contributed by atoms with Crippen molar-refractivity contribution >= 4 is 11.4 Å². The fourth-order valence-corrected chi connectivity index (χ4v) is 7.94. The highest BCUT2D eigenvalue weighted by atomic mass is 16.6. The molecule has 10 heteroatoms. The molecule has 0 spiro atoms. The van der Waals surface area contributed by atoms with Crippen LogP contribution in [0.1, 0.15) is 55.6 Å². The zero-order chi connectivity index (χ0) is 31.2. The molecule has 0 aliphatic carbocycles. The predicted molar refractivity (Wildman–Crippen MR) is 172 cm³/mol. The minimum atomic E-state index is 0.226. The zero-order valence-electron chi connectivity index (χ0n) is 27.1. The van der Waals surface area contributed by atoms with Crippen molar-refractivity contribution in [3.8, 4) is 0 Å². The van der Waals surface area contributed by atoms with E-state index < -0.39 is 0 Å². The number of nitrogen functional groups attached to an aromatic ring is 2. The Hall–Kier alpha value is -2.28. The molecule has 8 fully saturated rings. The minimum absolute atomic E-state index is 0.226. The standard InChI is InChI=1S/C37H46N2O8/c38-36-32(5-22-14-44-22)26(1-18-10-40-18)30(27(2-19-11-41-19)33(36)6-23-15-45-23)9-31-28(3-20-12-42-20)34(7-24-16-46-24)37(39)35(8-25-17-47-25)29(31)4-21-13-43-21/h18-25H,1-17,38-39H2. The summed E-state index contributed by atoms with van der Waals surface area (Å²) in [6, 6.07) is 0. The number of rotatable bonds is 18. The summed E-state index contributed by atoms with van der Waals surface area (Å²) >= 11 is 0. The van der Waals surface area contributed by atoms with Gasteiger partial charge in [-0.25, -0.2) is 0 Å². The molecule has 2 aromatic carbocycles. The lowest BCUT2D eigenvalue weighted by molar-refractivity contribution is 0.397. The summed E-state index contributed by atoms with van der Waals surface area (Å²) in [6.45, 7) is 6.36. The van der Waals surface area contributed by atoms with E-state index in [0.717, 1.165) is 122 Å². The molecule has 0 bridgehead atoms. The normalized spacial score (nSPS) is 33.5. The molecule has 8 aliphatic heterocycles. The fourth-order valence-electron chi connectivity index (χ4n) is 7.94. The maximum atomic E-state index is 7.22. The van der Waals surface area contributed by atoms with Crippen LogP contribution in [-0.4, -0.2) is 102 Å². The van der Waals surface area contributed by atoms with Crippen molar-refractivity contribution in [2.45, 2.75) is 107 Å². The van der Waals surface area contributed by atoms with Gasteiger partial charge in [-0.3, -0.25) is 0 Å². The van der Waals surface area contributed by atoms with Crippen LogP contribution in [0.4, 0.5) is 11.4 Å². The van der Waals surface area contributed by atoms with E-state index >= 15 is 0 Å². The lowest BCUT2D eigenvalue weighted by atomic mass is 9.76. The van der Waals surface area contributed by atoms with E-state index in [4.69, 9.17) is 49.4 Å². The van der Waals surface area contributed by atoms with Gasteiger partial charge >= 0.3 is 0 Å². The van der Waals surface area contributed by atoms with E-state index in [1.165, 1.54) is 55.6 Å². The SMILES string of the molecule is Nc1c(CC2CO2)c(CC2CO2)c(Cc2c(CC3CO3)c(CC3CO3)c(N)c(CC3CO3)c2CC2CO2)c(CC2CO2)c1CC1CO1. The first-order valence-electron chi connectivity index (χ1n) is 17.8. The first-order valence-corrected chi connectivity index (χ1v) is 17.8. The number of anilines is 2. The summed E-state index contributed by atoms with van der Waals surface area (Å²) in [4.78, 5) is 0. The first kappa shape index (κ1) is 29.6. The largest absolute Gasteiger partial charge is 0.398 e. The minimum Gasteiger partial charge on any atom is -0.398 e. The van der Waals surface area contributed by atoms with E-state index in [9.17, 15) is 0 Å². The highest BCUT2D eigenvalue weighted by Gasteiger charge is 2.39. The molecule has 252 valence electrons. The van der Waals surface area contributed by atoms with Gasteiger partial charge in [-0.2, -0.15) is 0 Å². The van der Waals surface area contributed by atoms with Gasteiger partial charge in [-0.15, -0.1) is 0 Å². The van der Waals surface area contributed by atoms with Gasteiger partial charge in [0.1, 0.15) is 0 Å². The summed E-state index contributed by atoms with van der Waals surface area (Å²) in [6.07, 6.45) is 9.41. The van der Waals surface area contributed by atoms with Crippen LogP contribution in [0.25, 0.3) is 0 Å². The Balaban J connectivity index is 1.19. The number of hydrogen-bond donors (Lipinski definition) is 2. The van der Waals surface area contributed by atoms with Crippen LogP contribution in [0.3, 0.4) is 0 Å². The molecule has 10 rings (SSSR count). The summed E-state index contributed by atoms with van der Waals surface area (Å²) in [5.74, 6) is 0. The zero-order valence-corrected chi connectivity index (χ0v) is 27.1. The molecular weight excluding hydrogens is 600 g/mol. The molecule has 8 atom stereocenters. The fraction of sp³-hybridized carbons (Fsp3) is 0.676. The highest BCUT2D eigenvalue weighted by Crippen LogP contribution is 2.44. The molecular formula is C37H46N2O8. The third-order valence-electron chi connectivity index (χ3n) is 11.2. The van der Waals surface area contributed by atoms with Gasteiger partial charge in [-0.1, -0.05) is 0 Å². The number of nitrogens with two attached hydrogens (primary N) is 2. The van der Waals surface area contributed by atoms with Gasteiger partial charge in [-0.05, 0) is 62.1 Å². The second-order valence-corrected chi connectivity index (χ2v) is 15.1. The first-order chi connectivity index (χ1) is 23.0. The van der Waals surface area contributed by atoms with Gasteiger partial charge in [0, 0.05) is 62.7 Å². The quantitative estimate of drug-likeness (QED) is 0.182. The average molecular weight is 647 g/mol. The van der Waals surface area contributed by atoms with Gasteiger partial charge in [0.2, 0.25) is 0 Å². The second-order valence-electron chi connectivity index (χ2n) is 15.1. The van der Waals surface area contributed by atoms with Crippen LogP contribution in [0.15, 0.2) is 0 Å². The van der Waals surface area contributed by atoms with Crippen molar-refractivity contribution in [3.63, 3.8) is 0 Å². The lowest BCUT2D eigenvalue weighted by Crippen LogP contribution is -2.21. The van der Waals surface area contributed by atoms with Crippen LogP contribution in [0.2, 0.25) is 0 Å². The van der Waals surface area contributed by atoms with E-state index in [-0.39, 0.29) is 48.8 Å². The Kier molecular flexibility index (Phi) is 7.35. The topological polar surface area (TPSA) is 152 Å². The number of benzene rings is 2. The maximum Gasteiger partial charge on any atom is 0.0851 e. The molecule has 8 aliphatic rings. The Morgan fingerprint density at radius 2 is 0.468 bits per heavy atom. The predicted octanol–water partition coefficient (Wildman–Crippen LogP) is 1.97. The van der Waals surface area contributed by atoms with Crippen molar-refractivity contribution in [1.29, 1.82) is 0 Å². The van der Waals surface area contributed by atoms with Crippen molar-refractivity contribution < 1.29 is 37.9 Å². The number of epoxide rings is 8. The Bertz CT molecular complexity index is 1340. The molecule has 0 radical (unpaired) electrons. The Morgan fingerprint density at radius 3 is 0.638 bits per heavy atom. The van der Waals surface area contributed by atoms with E-state index in [2.05, 4.69) is 0 Å².